The molecule has 3 rings (SSSR count). The van der Waals surface area contributed by atoms with Gasteiger partial charge in [0.2, 0.25) is 0 Å². The van der Waals surface area contributed by atoms with Crippen molar-refractivity contribution in [2.45, 2.75) is 6.54 Å². The molecule has 1 aliphatic rings. The van der Waals surface area contributed by atoms with Gasteiger partial charge in [-0.15, -0.1) is 0 Å². The zero-order valence-corrected chi connectivity index (χ0v) is 9.74. The van der Waals surface area contributed by atoms with E-state index in [2.05, 4.69) is 10.3 Å². The smallest absolute Gasteiger partial charge is 0.267 e. The Morgan fingerprint density at radius 1 is 1.29 bits per heavy atom. The number of carbonyl (C=O) groups is 1. The summed E-state index contributed by atoms with van der Waals surface area (Å²) < 4.78 is 2.00. The lowest BCUT2D eigenvalue weighted by atomic mass is 10.2. The van der Waals surface area contributed by atoms with Crippen LogP contribution in [0.2, 0.25) is 5.15 Å². The minimum atomic E-state index is -0.0253. The zero-order valence-electron chi connectivity index (χ0n) is 8.98. The predicted molar refractivity (Wildman–Crippen MR) is 65.0 cm³/mol. The Bertz CT molecular complexity index is 591. The molecule has 17 heavy (non-hydrogen) atoms. The van der Waals surface area contributed by atoms with Gasteiger partial charge in [0.1, 0.15) is 10.8 Å². The first-order chi connectivity index (χ1) is 8.25. The van der Waals surface area contributed by atoms with E-state index >= 15 is 0 Å². The molecule has 2 aromatic heterocycles. The fraction of sp³-hybridized carbons (Fsp3) is 0.167. The first-order valence-corrected chi connectivity index (χ1v) is 5.73. The molecule has 86 valence electrons. The molecule has 1 amide bonds. The molecule has 2 aromatic rings. The normalized spacial score (nSPS) is 14.3. The summed E-state index contributed by atoms with van der Waals surface area (Å²) >= 11 is 5.87. The number of hydrogen-bond acceptors (Lipinski definition) is 2. The second kappa shape index (κ2) is 3.89. The average molecular weight is 248 g/mol. The summed E-state index contributed by atoms with van der Waals surface area (Å²) in [7, 11) is 0. The van der Waals surface area contributed by atoms with Gasteiger partial charge < -0.3 is 9.88 Å². The number of pyridine rings is 1. The minimum absolute atomic E-state index is 0.0253. The van der Waals surface area contributed by atoms with Crippen LogP contribution < -0.4 is 5.32 Å². The van der Waals surface area contributed by atoms with Crippen molar-refractivity contribution in [1.82, 2.24) is 14.9 Å². The van der Waals surface area contributed by atoms with Crippen LogP contribution in [0.15, 0.2) is 30.5 Å². The number of halogens is 1. The third kappa shape index (κ3) is 1.70. The van der Waals surface area contributed by atoms with Gasteiger partial charge in [-0.25, -0.2) is 4.98 Å². The number of amides is 1. The SMILES string of the molecule is O=C1NCCn2c1ccc2-c1ccnc(Cl)c1. The Labute approximate surface area is 103 Å². The van der Waals surface area contributed by atoms with Crippen molar-refractivity contribution >= 4 is 17.5 Å². The molecule has 0 saturated heterocycles. The van der Waals surface area contributed by atoms with E-state index in [9.17, 15) is 4.79 Å². The number of nitrogens with one attached hydrogen (secondary N) is 1. The lowest BCUT2D eigenvalue weighted by Crippen LogP contribution is -2.35. The first kappa shape index (κ1) is 10.4. The van der Waals surface area contributed by atoms with Gasteiger partial charge in [0.25, 0.3) is 5.91 Å². The first-order valence-electron chi connectivity index (χ1n) is 5.35. The van der Waals surface area contributed by atoms with E-state index in [1.807, 2.05) is 22.8 Å². The summed E-state index contributed by atoms with van der Waals surface area (Å²) in [5, 5.41) is 3.27. The van der Waals surface area contributed by atoms with Crippen LogP contribution in [-0.2, 0) is 6.54 Å². The van der Waals surface area contributed by atoms with E-state index in [-0.39, 0.29) is 5.91 Å². The number of aromatic nitrogens is 2. The van der Waals surface area contributed by atoms with Crippen molar-refractivity contribution < 1.29 is 4.79 Å². The van der Waals surface area contributed by atoms with E-state index in [0.29, 0.717) is 17.4 Å². The highest BCUT2D eigenvalue weighted by atomic mass is 35.5. The molecule has 0 aromatic carbocycles. The van der Waals surface area contributed by atoms with Crippen LogP contribution >= 0.6 is 11.6 Å². The number of nitrogens with zero attached hydrogens (tertiary/aromatic N) is 2. The van der Waals surface area contributed by atoms with Gasteiger partial charge in [0.15, 0.2) is 0 Å². The number of fused-ring (bicyclic) bond motifs is 1. The maximum Gasteiger partial charge on any atom is 0.267 e. The highest BCUT2D eigenvalue weighted by Gasteiger charge is 2.19. The van der Waals surface area contributed by atoms with E-state index in [1.54, 1.807) is 12.3 Å². The minimum Gasteiger partial charge on any atom is -0.349 e. The molecule has 5 heteroatoms. The molecule has 4 nitrogen and oxygen atoms in total. The Balaban J connectivity index is 2.13. The zero-order chi connectivity index (χ0) is 11.8. The summed E-state index contributed by atoms with van der Waals surface area (Å²) in [6, 6.07) is 7.46. The molecule has 0 unspecified atom stereocenters. The molecule has 0 bridgehead atoms. The fourth-order valence-electron chi connectivity index (χ4n) is 2.09. The summed E-state index contributed by atoms with van der Waals surface area (Å²) in [6.45, 7) is 1.44. The molecule has 0 radical (unpaired) electrons. The maximum absolute atomic E-state index is 11.6. The molecule has 1 aliphatic heterocycles. The third-order valence-electron chi connectivity index (χ3n) is 2.86. The Hall–Kier alpha value is -1.81. The maximum atomic E-state index is 11.6. The number of rotatable bonds is 1. The van der Waals surface area contributed by atoms with Gasteiger partial charge in [-0.2, -0.15) is 0 Å². The average Bonchev–Trinajstić information content (AvgIpc) is 2.74. The van der Waals surface area contributed by atoms with Gasteiger partial charge >= 0.3 is 0 Å². The van der Waals surface area contributed by atoms with Crippen molar-refractivity contribution in [1.29, 1.82) is 0 Å². The van der Waals surface area contributed by atoms with Crippen LogP contribution in [0.4, 0.5) is 0 Å². The molecule has 3 heterocycles. The third-order valence-corrected chi connectivity index (χ3v) is 3.06. The molecule has 0 spiro atoms. The van der Waals surface area contributed by atoms with Crippen molar-refractivity contribution in [3.63, 3.8) is 0 Å². The van der Waals surface area contributed by atoms with Gasteiger partial charge in [-0.1, -0.05) is 11.6 Å². The molecule has 0 saturated carbocycles. The summed E-state index contributed by atoms with van der Waals surface area (Å²) in [5.41, 5.74) is 2.67. The molecular weight excluding hydrogens is 238 g/mol. The van der Waals surface area contributed by atoms with Gasteiger partial charge in [-0.05, 0) is 24.3 Å². The Kier molecular flexibility index (Phi) is 2.37. The van der Waals surface area contributed by atoms with Gasteiger partial charge in [-0.3, -0.25) is 4.79 Å². The fourth-order valence-corrected chi connectivity index (χ4v) is 2.27. The lowest BCUT2D eigenvalue weighted by molar-refractivity contribution is 0.0928. The van der Waals surface area contributed by atoms with Crippen molar-refractivity contribution in [2.24, 2.45) is 0 Å². The lowest BCUT2D eigenvalue weighted by Gasteiger charge is -2.18. The van der Waals surface area contributed by atoms with Crippen LogP contribution in [0.3, 0.4) is 0 Å². The molecule has 1 N–H and O–H groups in total. The monoisotopic (exact) mass is 247 g/mol. The van der Waals surface area contributed by atoms with Crippen LogP contribution in [0.1, 0.15) is 10.5 Å². The predicted octanol–water partition coefficient (Wildman–Crippen LogP) is 1.95. The van der Waals surface area contributed by atoms with Crippen LogP contribution in [0, 0.1) is 0 Å². The molecule has 0 aliphatic carbocycles. The van der Waals surface area contributed by atoms with E-state index in [0.717, 1.165) is 17.8 Å². The Morgan fingerprint density at radius 2 is 2.12 bits per heavy atom. The molecule has 0 atom stereocenters. The highest BCUT2D eigenvalue weighted by molar-refractivity contribution is 6.29. The van der Waals surface area contributed by atoms with E-state index < -0.39 is 0 Å². The largest absolute Gasteiger partial charge is 0.349 e. The van der Waals surface area contributed by atoms with Crippen LogP contribution in [0.25, 0.3) is 11.3 Å². The molecule has 0 fully saturated rings. The summed E-state index contributed by atoms with van der Waals surface area (Å²) in [5.74, 6) is -0.0253. The number of carbonyl (C=O) groups excluding carboxylic acids is 1. The van der Waals surface area contributed by atoms with Crippen molar-refractivity contribution in [2.75, 3.05) is 6.54 Å². The van der Waals surface area contributed by atoms with Crippen molar-refractivity contribution in [3.8, 4) is 11.3 Å². The van der Waals surface area contributed by atoms with E-state index in [1.165, 1.54) is 0 Å². The van der Waals surface area contributed by atoms with Crippen molar-refractivity contribution in [3.05, 3.63) is 41.3 Å². The summed E-state index contributed by atoms with van der Waals surface area (Å²) in [6.07, 6.45) is 1.67. The van der Waals surface area contributed by atoms with Crippen LogP contribution in [-0.4, -0.2) is 22.0 Å². The topological polar surface area (TPSA) is 46.9 Å². The Morgan fingerprint density at radius 3 is 2.94 bits per heavy atom. The second-order valence-electron chi connectivity index (χ2n) is 3.88. The van der Waals surface area contributed by atoms with Gasteiger partial charge in [0, 0.05) is 30.5 Å². The van der Waals surface area contributed by atoms with Crippen LogP contribution in [0.5, 0.6) is 0 Å². The summed E-state index contributed by atoms with van der Waals surface area (Å²) in [4.78, 5) is 15.6. The second-order valence-corrected chi connectivity index (χ2v) is 4.27. The molecular formula is C12H10ClN3O. The standard InChI is InChI=1S/C12H10ClN3O/c13-11-7-8(3-4-14-11)9-1-2-10-12(17)15-5-6-16(9)10/h1-4,7H,5-6H2,(H,15,17). The van der Waals surface area contributed by atoms with Gasteiger partial charge in [0.05, 0.1) is 0 Å². The van der Waals surface area contributed by atoms with E-state index in [4.69, 9.17) is 11.6 Å². The quantitative estimate of drug-likeness (QED) is 0.783. The number of hydrogen-bond donors (Lipinski definition) is 1. The highest BCUT2D eigenvalue weighted by Crippen LogP contribution is 2.25.